The Bertz CT molecular complexity index is 983. The molecule has 0 aliphatic carbocycles. The van der Waals surface area contributed by atoms with Crippen LogP contribution in [0.2, 0.25) is 5.02 Å². The molecule has 140 valence electrons. The third-order valence-electron chi connectivity index (χ3n) is 3.20. The molecular weight excluding hydrogens is 409 g/mol. The summed E-state index contributed by atoms with van der Waals surface area (Å²) < 4.78 is 39.0. The molecule has 0 bridgehead atoms. The number of nitrogens with one attached hydrogen (secondary N) is 2. The number of anilines is 4. The minimum atomic E-state index is -4.68. The summed E-state index contributed by atoms with van der Waals surface area (Å²) >= 11 is 6.76. The molecular formula is C14H8ClF3N6O2S. The highest BCUT2D eigenvalue weighted by molar-refractivity contribution is 7.13. The highest BCUT2D eigenvalue weighted by Crippen LogP contribution is 2.38. The second kappa shape index (κ2) is 7.32. The van der Waals surface area contributed by atoms with Crippen molar-refractivity contribution in [1.29, 1.82) is 0 Å². The highest BCUT2D eigenvalue weighted by Gasteiger charge is 2.33. The van der Waals surface area contributed by atoms with Crippen molar-refractivity contribution in [3.8, 4) is 0 Å². The maximum Gasteiger partial charge on any atom is 0.417 e. The van der Waals surface area contributed by atoms with E-state index in [4.69, 9.17) is 11.6 Å². The number of alkyl halides is 3. The average molecular weight is 417 g/mol. The minimum absolute atomic E-state index is 0.0753. The Morgan fingerprint density at radius 2 is 1.85 bits per heavy atom. The van der Waals surface area contributed by atoms with Gasteiger partial charge in [-0.1, -0.05) is 11.6 Å². The molecule has 13 heteroatoms. The largest absolute Gasteiger partial charge is 0.417 e. The van der Waals surface area contributed by atoms with E-state index in [1.165, 1.54) is 23.6 Å². The van der Waals surface area contributed by atoms with Gasteiger partial charge >= 0.3 is 11.9 Å². The molecule has 0 fully saturated rings. The number of nitrogens with zero attached hydrogens (tertiary/aromatic N) is 4. The van der Waals surface area contributed by atoms with Crippen LogP contribution in [-0.2, 0) is 6.18 Å². The predicted octanol–water partition coefficient (Wildman–Crippen LogP) is 5.00. The molecule has 0 saturated heterocycles. The Labute approximate surface area is 158 Å². The summed E-state index contributed by atoms with van der Waals surface area (Å²) in [6, 6.07) is 3.02. The molecule has 2 heterocycles. The molecule has 0 aliphatic heterocycles. The summed E-state index contributed by atoms with van der Waals surface area (Å²) in [5.41, 5.74) is -1.70. The molecule has 27 heavy (non-hydrogen) atoms. The normalized spacial score (nSPS) is 11.3. The molecule has 2 aromatic heterocycles. The van der Waals surface area contributed by atoms with Gasteiger partial charge in [-0.25, -0.2) is 15.0 Å². The van der Waals surface area contributed by atoms with E-state index in [0.717, 1.165) is 18.5 Å². The van der Waals surface area contributed by atoms with Crippen LogP contribution < -0.4 is 10.6 Å². The van der Waals surface area contributed by atoms with Crippen LogP contribution in [0.4, 0.5) is 41.3 Å². The zero-order valence-corrected chi connectivity index (χ0v) is 14.6. The SMILES string of the molecule is O=[N+]([O-])c1c(Nc2ccc(Cl)c(C(F)(F)F)c2)ncnc1Nc1nccs1. The van der Waals surface area contributed by atoms with Gasteiger partial charge < -0.3 is 10.6 Å². The first-order chi connectivity index (χ1) is 12.8. The molecule has 0 unspecified atom stereocenters. The summed E-state index contributed by atoms with van der Waals surface area (Å²) in [6.07, 6.45) is -2.15. The molecule has 0 atom stereocenters. The van der Waals surface area contributed by atoms with Crippen LogP contribution in [0, 0.1) is 10.1 Å². The van der Waals surface area contributed by atoms with Crippen molar-refractivity contribution in [2.24, 2.45) is 0 Å². The van der Waals surface area contributed by atoms with Crippen molar-refractivity contribution < 1.29 is 18.1 Å². The van der Waals surface area contributed by atoms with Gasteiger partial charge in [0, 0.05) is 17.3 Å². The van der Waals surface area contributed by atoms with Crippen LogP contribution in [0.25, 0.3) is 0 Å². The smallest absolute Gasteiger partial charge is 0.334 e. The van der Waals surface area contributed by atoms with Crippen LogP contribution in [-0.4, -0.2) is 19.9 Å². The van der Waals surface area contributed by atoms with E-state index in [-0.39, 0.29) is 17.3 Å². The van der Waals surface area contributed by atoms with E-state index in [2.05, 4.69) is 25.6 Å². The number of hydrogen-bond donors (Lipinski definition) is 2. The van der Waals surface area contributed by atoms with Gasteiger partial charge in [0.2, 0.25) is 11.6 Å². The van der Waals surface area contributed by atoms with Crippen LogP contribution in [0.1, 0.15) is 5.56 Å². The van der Waals surface area contributed by atoms with Gasteiger partial charge in [0.15, 0.2) is 5.13 Å². The summed E-state index contributed by atoms with van der Waals surface area (Å²) in [7, 11) is 0. The average Bonchev–Trinajstić information content (AvgIpc) is 3.08. The Balaban J connectivity index is 1.99. The zero-order chi connectivity index (χ0) is 19.6. The van der Waals surface area contributed by atoms with Crippen molar-refractivity contribution >= 4 is 51.1 Å². The van der Waals surface area contributed by atoms with Gasteiger partial charge in [-0.15, -0.1) is 11.3 Å². The van der Waals surface area contributed by atoms with E-state index in [9.17, 15) is 23.3 Å². The van der Waals surface area contributed by atoms with Crippen molar-refractivity contribution in [1.82, 2.24) is 15.0 Å². The lowest BCUT2D eigenvalue weighted by atomic mass is 10.2. The van der Waals surface area contributed by atoms with Crippen molar-refractivity contribution in [2.75, 3.05) is 10.6 Å². The topological polar surface area (TPSA) is 106 Å². The van der Waals surface area contributed by atoms with Crippen molar-refractivity contribution in [3.63, 3.8) is 0 Å². The second-order valence-corrected chi connectivity index (χ2v) is 6.26. The molecule has 3 rings (SSSR count). The lowest BCUT2D eigenvalue weighted by Gasteiger charge is -2.12. The Morgan fingerprint density at radius 1 is 1.15 bits per heavy atom. The fourth-order valence-electron chi connectivity index (χ4n) is 2.08. The maximum atomic E-state index is 13.0. The zero-order valence-electron chi connectivity index (χ0n) is 13.0. The number of benzene rings is 1. The number of hydrogen-bond acceptors (Lipinski definition) is 8. The van der Waals surface area contributed by atoms with Gasteiger partial charge in [-0.3, -0.25) is 10.1 Å². The maximum absolute atomic E-state index is 13.0. The molecule has 0 amide bonds. The first kappa shape index (κ1) is 18.8. The number of halogens is 4. The summed E-state index contributed by atoms with van der Waals surface area (Å²) in [4.78, 5) is 22.2. The van der Waals surface area contributed by atoms with Crippen LogP contribution in [0.5, 0.6) is 0 Å². The number of rotatable bonds is 5. The Morgan fingerprint density at radius 3 is 2.44 bits per heavy atom. The van der Waals surface area contributed by atoms with Gasteiger partial charge in [0.1, 0.15) is 6.33 Å². The van der Waals surface area contributed by atoms with E-state index < -0.39 is 27.4 Å². The highest BCUT2D eigenvalue weighted by atomic mass is 35.5. The first-order valence-corrected chi connectivity index (χ1v) is 8.31. The molecule has 0 spiro atoms. The van der Waals surface area contributed by atoms with Crippen LogP contribution in [0.15, 0.2) is 36.1 Å². The Kier molecular flexibility index (Phi) is 5.10. The summed E-state index contributed by atoms with van der Waals surface area (Å²) in [5.74, 6) is -0.443. The molecule has 0 radical (unpaired) electrons. The predicted molar refractivity (Wildman–Crippen MR) is 93.8 cm³/mol. The van der Waals surface area contributed by atoms with E-state index in [0.29, 0.717) is 5.13 Å². The molecule has 1 aromatic carbocycles. The fraction of sp³-hybridized carbons (Fsp3) is 0.0714. The van der Waals surface area contributed by atoms with Gasteiger partial charge in [-0.05, 0) is 18.2 Å². The lowest BCUT2D eigenvalue weighted by molar-refractivity contribution is -0.383. The minimum Gasteiger partial charge on any atom is -0.334 e. The molecule has 3 aromatic rings. The third kappa shape index (κ3) is 4.23. The van der Waals surface area contributed by atoms with Gasteiger partial charge in [0.05, 0.1) is 15.5 Å². The summed E-state index contributed by atoms with van der Waals surface area (Å²) in [5, 5.41) is 18.2. The van der Waals surface area contributed by atoms with Crippen molar-refractivity contribution in [2.45, 2.75) is 6.18 Å². The van der Waals surface area contributed by atoms with Gasteiger partial charge in [-0.2, -0.15) is 13.2 Å². The molecule has 8 nitrogen and oxygen atoms in total. The van der Waals surface area contributed by atoms with E-state index in [1.807, 2.05) is 0 Å². The van der Waals surface area contributed by atoms with Gasteiger partial charge in [0.25, 0.3) is 0 Å². The standard InChI is InChI=1S/C14H8ClF3N6O2S/c15-9-2-1-7(5-8(9)14(16,17)18)22-11-10(24(25)26)12(21-6-20-11)23-13-19-3-4-27-13/h1-6H,(H2,19,20,21,22,23). The first-order valence-electron chi connectivity index (χ1n) is 7.05. The third-order valence-corrected chi connectivity index (χ3v) is 4.22. The molecule has 0 saturated carbocycles. The van der Waals surface area contributed by atoms with Crippen LogP contribution in [0.3, 0.4) is 0 Å². The number of thiazole rings is 1. The van der Waals surface area contributed by atoms with E-state index >= 15 is 0 Å². The Hall–Kier alpha value is -2.99. The quantitative estimate of drug-likeness (QED) is 0.445. The van der Waals surface area contributed by atoms with Crippen LogP contribution >= 0.6 is 22.9 Å². The van der Waals surface area contributed by atoms with E-state index in [1.54, 1.807) is 5.38 Å². The summed E-state index contributed by atoms with van der Waals surface area (Å²) in [6.45, 7) is 0. The van der Waals surface area contributed by atoms with Crippen molar-refractivity contribution in [3.05, 3.63) is 56.8 Å². The monoisotopic (exact) mass is 416 g/mol. The number of aromatic nitrogens is 3. The molecule has 2 N–H and O–H groups in total. The lowest BCUT2D eigenvalue weighted by Crippen LogP contribution is -2.08. The fourth-order valence-corrected chi connectivity index (χ4v) is 2.83. The number of nitro groups is 1. The second-order valence-electron chi connectivity index (χ2n) is 4.96. The molecule has 0 aliphatic rings.